The molecule has 31 heavy (non-hydrogen) atoms. The summed E-state index contributed by atoms with van der Waals surface area (Å²) in [7, 11) is 1.55. The highest BCUT2D eigenvalue weighted by atomic mass is 16.5. The number of carboxylic acids is 1. The molecule has 0 aliphatic rings. The molecule has 0 unspecified atom stereocenters. The van der Waals surface area contributed by atoms with Crippen LogP contribution >= 0.6 is 0 Å². The molecule has 0 aliphatic heterocycles. The normalized spacial score (nSPS) is 11.2. The molecule has 4 aromatic rings. The van der Waals surface area contributed by atoms with Crippen LogP contribution in [0.1, 0.15) is 25.8 Å². The second kappa shape index (κ2) is 8.47. The fraction of sp³-hybridized carbons (Fsp3) is 0.273. The molecule has 0 fully saturated rings. The van der Waals surface area contributed by atoms with E-state index in [1.54, 1.807) is 19.4 Å². The highest BCUT2D eigenvalue weighted by molar-refractivity contribution is 5.87. The average molecular weight is 422 g/mol. The number of nitrogens with one attached hydrogen (secondary N) is 1. The fourth-order valence-electron chi connectivity index (χ4n) is 3.24. The number of methoxy groups -OCH3 is 1. The second-order valence-corrected chi connectivity index (χ2v) is 7.29. The molecule has 9 heteroatoms. The quantitative estimate of drug-likeness (QED) is 0.435. The Balaban J connectivity index is 1.60. The van der Waals surface area contributed by atoms with E-state index in [9.17, 15) is 4.79 Å². The molecule has 3 heterocycles. The lowest BCUT2D eigenvalue weighted by Crippen LogP contribution is -2.08. The summed E-state index contributed by atoms with van der Waals surface area (Å²) in [6, 6.07) is 7.46. The van der Waals surface area contributed by atoms with Crippen LogP contribution in [-0.4, -0.2) is 44.4 Å². The summed E-state index contributed by atoms with van der Waals surface area (Å²) in [6.45, 7) is 3.82. The Hall–Kier alpha value is -3.88. The third kappa shape index (κ3) is 4.35. The van der Waals surface area contributed by atoms with Gasteiger partial charge in [0.2, 0.25) is 5.82 Å². The van der Waals surface area contributed by atoms with Crippen LogP contribution in [0.15, 0.2) is 41.2 Å². The molecule has 3 aromatic heterocycles. The molecule has 0 saturated carbocycles. The number of H-pyrrole nitrogens is 1. The molecule has 1 aromatic carbocycles. The van der Waals surface area contributed by atoms with Crippen LogP contribution in [0.3, 0.4) is 0 Å². The number of aromatic amines is 1. The van der Waals surface area contributed by atoms with E-state index in [0.29, 0.717) is 35.3 Å². The highest BCUT2D eigenvalue weighted by Crippen LogP contribution is 2.31. The number of hydrogen-bond donors (Lipinski definition) is 2. The number of carboxylic acid groups (broad SMARTS) is 1. The van der Waals surface area contributed by atoms with Gasteiger partial charge in [-0.15, -0.1) is 0 Å². The van der Waals surface area contributed by atoms with Gasteiger partial charge in [-0.2, -0.15) is 4.98 Å². The number of nitrogens with zero attached hydrogens (tertiary/aromatic N) is 3. The number of aliphatic carboxylic acids is 1. The van der Waals surface area contributed by atoms with Crippen molar-refractivity contribution < 1.29 is 23.9 Å². The first-order valence-electron chi connectivity index (χ1n) is 9.81. The largest absolute Gasteiger partial charge is 0.491 e. The van der Waals surface area contributed by atoms with Gasteiger partial charge < -0.3 is 24.1 Å². The minimum absolute atomic E-state index is 0.0326. The minimum atomic E-state index is -0.819. The Morgan fingerprint density at radius 2 is 2.10 bits per heavy atom. The van der Waals surface area contributed by atoms with E-state index in [4.69, 9.17) is 19.1 Å². The predicted octanol–water partition coefficient (Wildman–Crippen LogP) is 4.09. The van der Waals surface area contributed by atoms with Gasteiger partial charge in [0.1, 0.15) is 0 Å². The molecule has 4 rings (SSSR count). The van der Waals surface area contributed by atoms with E-state index in [-0.39, 0.29) is 12.5 Å². The number of hydrogen-bond acceptors (Lipinski definition) is 7. The zero-order valence-corrected chi connectivity index (χ0v) is 17.4. The van der Waals surface area contributed by atoms with Crippen molar-refractivity contribution >= 4 is 16.9 Å². The minimum Gasteiger partial charge on any atom is -0.491 e. The number of ether oxygens (including phenoxy) is 2. The number of aromatic nitrogens is 4. The number of pyridine rings is 1. The van der Waals surface area contributed by atoms with Crippen LogP contribution < -0.4 is 9.47 Å². The van der Waals surface area contributed by atoms with Crippen LogP contribution in [0.4, 0.5) is 0 Å². The smallest absolute Gasteiger partial charge is 0.303 e. The summed E-state index contributed by atoms with van der Waals surface area (Å²) in [4.78, 5) is 22.8. The Labute approximate surface area is 178 Å². The first-order valence-corrected chi connectivity index (χ1v) is 9.81. The Bertz CT molecular complexity index is 1230. The van der Waals surface area contributed by atoms with Crippen molar-refractivity contribution in [2.45, 2.75) is 32.8 Å². The number of carbonyl (C=O) groups is 1. The maximum atomic E-state index is 10.8. The summed E-state index contributed by atoms with van der Waals surface area (Å²) in [5.74, 6) is 0.801. The Kier molecular flexibility index (Phi) is 5.57. The number of fused-ring (bicyclic) bond motifs is 1. The summed E-state index contributed by atoms with van der Waals surface area (Å²) in [5.41, 5.74) is 3.22. The number of benzene rings is 1. The lowest BCUT2D eigenvalue weighted by Gasteiger charge is -2.12. The van der Waals surface area contributed by atoms with E-state index < -0.39 is 5.97 Å². The summed E-state index contributed by atoms with van der Waals surface area (Å²) in [6.07, 6.45) is 3.95. The van der Waals surface area contributed by atoms with Gasteiger partial charge in [-0.25, -0.2) is 4.98 Å². The number of aryl methyl sites for hydroxylation is 1. The molecule has 0 saturated heterocycles. The van der Waals surface area contributed by atoms with Crippen molar-refractivity contribution in [2.75, 3.05) is 7.11 Å². The number of rotatable bonds is 8. The first kappa shape index (κ1) is 20.4. The SMILES string of the molecule is COc1cc(-c2nc(-c3ccc4c(CCC(=O)O)c[nH]c4c3)no2)cnc1OC(C)C. The third-order valence-corrected chi connectivity index (χ3v) is 4.69. The van der Waals surface area contributed by atoms with Crippen molar-refractivity contribution in [3.05, 3.63) is 42.2 Å². The van der Waals surface area contributed by atoms with Crippen LogP contribution in [0.2, 0.25) is 0 Å². The molecule has 2 N–H and O–H groups in total. The van der Waals surface area contributed by atoms with E-state index in [1.165, 1.54) is 0 Å². The van der Waals surface area contributed by atoms with Crippen molar-refractivity contribution in [3.63, 3.8) is 0 Å². The molecule has 0 spiro atoms. The lowest BCUT2D eigenvalue weighted by atomic mass is 10.1. The predicted molar refractivity (Wildman–Crippen MR) is 113 cm³/mol. The molecular weight excluding hydrogens is 400 g/mol. The van der Waals surface area contributed by atoms with Gasteiger partial charge in [0.05, 0.1) is 18.8 Å². The maximum Gasteiger partial charge on any atom is 0.303 e. The lowest BCUT2D eigenvalue weighted by molar-refractivity contribution is -0.136. The van der Waals surface area contributed by atoms with Gasteiger partial charge >= 0.3 is 5.97 Å². The van der Waals surface area contributed by atoms with E-state index in [1.807, 2.05) is 38.2 Å². The zero-order valence-electron chi connectivity index (χ0n) is 17.4. The van der Waals surface area contributed by atoms with Crippen LogP contribution in [0.5, 0.6) is 11.6 Å². The second-order valence-electron chi connectivity index (χ2n) is 7.29. The van der Waals surface area contributed by atoms with Gasteiger partial charge in [-0.1, -0.05) is 17.3 Å². The molecule has 0 radical (unpaired) electrons. The van der Waals surface area contributed by atoms with Crippen LogP contribution in [0, 0.1) is 0 Å². The zero-order chi connectivity index (χ0) is 22.0. The van der Waals surface area contributed by atoms with Gasteiger partial charge in [-0.3, -0.25) is 4.79 Å². The molecule has 0 aliphatic carbocycles. The van der Waals surface area contributed by atoms with Crippen molar-refractivity contribution in [2.24, 2.45) is 0 Å². The summed E-state index contributed by atoms with van der Waals surface area (Å²) in [5, 5.41) is 14.0. The van der Waals surface area contributed by atoms with Gasteiger partial charge in [-0.05, 0) is 31.9 Å². The fourth-order valence-corrected chi connectivity index (χ4v) is 3.24. The molecule has 0 atom stereocenters. The maximum absolute atomic E-state index is 10.8. The molecular formula is C22H22N4O5. The van der Waals surface area contributed by atoms with E-state index in [2.05, 4.69) is 20.1 Å². The third-order valence-electron chi connectivity index (χ3n) is 4.69. The topological polar surface area (TPSA) is 123 Å². The van der Waals surface area contributed by atoms with E-state index in [0.717, 1.165) is 22.0 Å². The monoisotopic (exact) mass is 422 g/mol. The summed E-state index contributed by atoms with van der Waals surface area (Å²) >= 11 is 0. The molecule has 0 bridgehead atoms. The Morgan fingerprint density at radius 1 is 1.26 bits per heavy atom. The average Bonchev–Trinajstić information content (AvgIpc) is 3.39. The highest BCUT2D eigenvalue weighted by Gasteiger charge is 2.16. The van der Waals surface area contributed by atoms with Crippen LogP contribution in [-0.2, 0) is 11.2 Å². The van der Waals surface area contributed by atoms with Crippen LogP contribution in [0.25, 0.3) is 33.7 Å². The standard InChI is InChI=1S/C22H22N4O5/c1-12(2)30-22-18(29-3)9-15(11-24-22)21-25-20(26-31-21)13-4-6-16-14(5-7-19(27)28)10-23-17(16)8-13/h4,6,8-12,23H,5,7H2,1-3H3,(H,27,28). The van der Waals surface area contributed by atoms with Gasteiger partial charge in [0.15, 0.2) is 5.75 Å². The van der Waals surface area contributed by atoms with Crippen molar-refractivity contribution in [1.82, 2.24) is 20.1 Å². The van der Waals surface area contributed by atoms with E-state index >= 15 is 0 Å². The molecule has 0 amide bonds. The molecule has 9 nitrogen and oxygen atoms in total. The Morgan fingerprint density at radius 3 is 2.84 bits per heavy atom. The van der Waals surface area contributed by atoms with Gasteiger partial charge in [0.25, 0.3) is 11.8 Å². The van der Waals surface area contributed by atoms with Gasteiger partial charge in [0, 0.05) is 41.3 Å². The van der Waals surface area contributed by atoms with Crippen molar-refractivity contribution in [1.29, 1.82) is 0 Å². The first-order chi connectivity index (χ1) is 14.9. The summed E-state index contributed by atoms with van der Waals surface area (Å²) < 4.78 is 16.4. The molecule has 160 valence electrons. The van der Waals surface area contributed by atoms with Crippen molar-refractivity contribution in [3.8, 4) is 34.5 Å².